The molecule has 1 aliphatic carbocycles. The fourth-order valence-corrected chi connectivity index (χ4v) is 2.70. The smallest absolute Gasteiger partial charge is 0.0401 e. The van der Waals surface area contributed by atoms with Gasteiger partial charge in [0.25, 0.3) is 0 Å². The Morgan fingerprint density at radius 3 is 2.82 bits per heavy atom. The van der Waals surface area contributed by atoms with Crippen LogP contribution in [0, 0.1) is 0 Å². The van der Waals surface area contributed by atoms with Crippen molar-refractivity contribution >= 4 is 6.08 Å². The predicted octanol–water partition coefficient (Wildman–Crippen LogP) is 3.33. The molecule has 17 heavy (non-hydrogen) atoms. The second kappa shape index (κ2) is 3.24. The summed E-state index contributed by atoms with van der Waals surface area (Å²) < 4.78 is 0. The van der Waals surface area contributed by atoms with Crippen molar-refractivity contribution < 1.29 is 0 Å². The standard InChI is InChI=1S/C16H13N/c1-2-4-14-11(3-1)7-8-17-10-13-6-5-12-9-15(12)16(13)14/h1-8,17H,9-10H2/b8-7-. The molecule has 1 N–H and O–H groups in total. The molecule has 2 aromatic rings. The van der Waals surface area contributed by atoms with Gasteiger partial charge >= 0.3 is 0 Å². The highest BCUT2D eigenvalue weighted by Crippen LogP contribution is 2.42. The quantitative estimate of drug-likeness (QED) is 0.611. The van der Waals surface area contributed by atoms with Gasteiger partial charge in [0.1, 0.15) is 0 Å². The zero-order valence-electron chi connectivity index (χ0n) is 9.53. The van der Waals surface area contributed by atoms with E-state index in [1.54, 1.807) is 5.56 Å². The molecule has 1 heteroatoms. The van der Waals surface area contributed by atoms with E-state index in [1.807, 2.05) is 6.20 Å². The van der Waals surface area contributed by atoms with E-state index in [0.29, 0.717) is 0 Å². The maximum absolute atomic E-state index is 3.35. The highest BCUT2D eigenvalue weighted by Gasteiger charge is 2.25. The molecular weight excluding hydrogens is 206 g/mol. The molecule has 0 radical (unpaired) electrons. The number of nitrogens with one attached hydrogen (secondary N) is 1. The van der Waals surface area contributed by atoms with Gasteiger partial charge in [-0.05, 0) is 52.1 Å². The summed E-state index contributed by atoms with van der Waals surface area (Å²) in [5.41, 5.74) is 8.64. The summed E-state index contributed by atoms with van der Waals surface area (Å²) in [6.07, 6.45) is 5.39. The molecule has 1 nitrogen and oxygen atoms in total. The van der Waals surface area contributed by atoms with E-state index >= 15 is 0 Å². The van der Waals surface area contributed by atoms with E-state index in [-0.39, 0.29) is 0 Å². The molecule has 0 aromatic heterocycles. The summed E-state index contributed by atoms with van der Waals surface area (Å²) in [6, 6.07) is 13.2. The normalized spacial score (nSPS) is 16.7. The van der Waals surface area contributed by atoms with E-state index in [4.69, 9.17) is 0 Å². The van der Waals surface area contributed by atoms with Gasteiger partial charge < -0.3 is 5.32 Å². The van der Waals surface area contributed by atoms with Gasteiger partial charge in [0.05, 0.1) is 0 Å². The summed E-state index contributed by atoms with van der Waals surface area (Å²) in [5.74, 6) is 0. The molecule has 0 atom stereocenters. The molecule has 82 valence electrons. The van der Waals surface area contributed by atoms with Crippen LogP contribution in [0.5, 0.6) is 0 Å². The summed E-state index contributed by atoms with van der Waals surface area (Å²) in [6.45, 7) is 0.924. The monoisotopic (exact) mass is 219 g/mol. The average molecular weight is 219 g/mol. The largest absolute Gasteiger partial charge is 0.387 e. The number of hydrogen-bond acceptors (Lipinski definition) is 1. The Bertz CT molecular complexity index is 638. The molecule has 0 amide bonds. The van der Waals surface area contributed by atoms with Crippen molar-refractivity contribution in [2.75, 3.05) is 0 Å². The molecule has 2 aromatic carbocycles. The van der Waals surface area contributed by atoms with E-state index in [2.05, 4.69) is 47.8 Å². The van der Waals surface area contributed by atoms with Crippen LogP contribution in [0.4, 0.5) is 0 Å². The third-order valence-electron chi connectivity index (χ3n) is 3.64. The maximum atomic E-state index is 3.35. The van der Waals surface area contributed by atoms with Crippen molar-refractivity contribution in [2.45, 2.75) is 13.0 Å². The topological polar surface area (TPSA) is 12.0 Å². The molecular formula is C16H13N. The van der Waals surface area contributed by atoms with Crippen LogP contribution < -0.4 is 5.32 Å². The third kappa shape index (κ3) is 1.32. The Morgan fingerprint density at radius 1 is 0.941 bits per heavy atom. The van der Waals surface area contributed by atoms with E-state index in [1.165, 1.54) is 34.2 Å². The van der Waals surface area contributed by atoms with Gasteiger partial charge in [0.15, 0.2) is 0 Å². The number of benzene rings is 2. The van der Waals surface area contributed by atoms with Crippen LogP contribution in [0.15, 0.2) is 42.6 Å². The molecule has 0 saturated carbocycles. The van der Waals surface area contributed by atoms with Crippen LogP contribution in [0.1, 0.15) is 22.3 Å². The lowest BCUT2D eigenvalue weighted by Gasteiger charge is -2.15. The Kier molecular flexibility index (Phi) is 1.72. The van der Waals surface area contributed by atoms with Crippen molar-refractivity contribution in [3.63, 3.8) is 0 Å². The molecule has 0 unspecified atom stereocenters. The molecule has 2 aliphatic rings. The second-order valence-electron chi connectivity index (χ2n) is 4.72. The number of hydrogen-bond donors (Lipinski definition) is 1. The molecule has 1 aliphatic heterocycles. The van der Waals surface area contributed by atoms with Crippen molar-refractivity contribution in [1.29, 1.82) is 0 Å². The first-order valence-electron chi connectivity index (χ1n) is 6.06. The highest BCUT2D eigenvalue weighted by atomic mass is 14.8. The highest BCUT2D eigenvalue weighted by molar-refractivity contribution is 5.84. The van der Waals surface area contributed by atoms with Crippen LogP contribution in [0.2, 0.25) is 0 Å². The van der Waals surface area contributed by atoms with Crippen molar-refractivity contribution in [3.05, 3.63) is 64.9 Å². The van der Waals surface area contributed by atoms with Crippen LogP contribution in [-0.4, -0.2) is 0 Å². The minimum absolute atomic E-state index is 0.924. The minimum Gasteiger partial charge on any atom is -0.387 e. The SMILES string of the molecule is C1=C\c2ccccc2-c2c(ccc3c2C3)CN/1. The van der Waals surface area contributed by atoms with Gasteiger partial charge in [-0.2, -0.15) is 0 Å². The van der Waals surface area contributed by atoms with Crippen molar-refractivity contribution in [1.82, 2.24) is 5.32 Å². The van der Waals surface area contributed by atoms with E-state index in [0.717, 1.165) is 6.54 Å². The number of fused-ring (bicyclic) bond motifs is 5. The molecule has 0 saturated heterocycles. The summed E-state index contributed by atoms with van der Waals surface area (Å²) >= 11 is 0. The van der Waals surface area contributed by atoms with Gasteiger partial charge in [-0.15, -0.1) is 0 Å². The van der Waals surface area contributed by atoms with Crippen molar-refractivity contribution in [2.24, 2.45) is 0 Å². The first-order chi connectivity index (χ1) is 8.43. The Balaban J connectivity index is 2.06. The third-order valence-corrected chi connectivity index (χ3v) is 3.64. The van der Waals surface area contributed by atoms with Crippen LogP contribution in [0.3, 0.4) is 0 Å². The lowest BCUT2D eigenvalue weighted by atomic mass is 9.94. The first kappa shape index (κ1) is 9.06. The molecule has 0 bridgehead atoms. The first-order valence-corrected chi connectivity index (χ1v) is 6.06. The summed E-state index contributed by atoms with van der Waals surface area (Å²) in [5, 5.41) is 3.35. The van der Waals surface area contributed by atoms with Crippen LogP contribution in [0.25, 0.3) is 17.2 Å². The van der Waals surface area contributed by atoms with Gasteiger partial charge in [0, 0.05) is 6.54 Å². The Morgan fingerprint density at radius 2 is 1.82 bits per heavy atom. The number of rotatable bonds is 0. The minimum atomic E-state index is 0.924. The molecule has 4 rings (SSSR count). The van der Waals surface area contributed by atoms with Gasteiger partial charge in [-0.1, -0.05) is 36.4 Å². The fraction of sp³-hybridized carbons (Fsp3) is 0.125. The average Bonchev–Trinajstić information content (AvgIpc) is 3.10. The predicted molar refractivity (Wildman–Crippen MR) is 70.6 cm³/mol. The maximum Gasteiger partial charge on any atom is 0.0401 e. The van der Waals surface area contributed by atoms with Gasteiger partial charge in [-0.25, -0.2) is 0 Å². The van der Waals surface area contributed by atoms with E-state index < -0.39 is 0 Å². The van der Waals surface area contributed by atoms with Gasteiger partial charge in [0.2, 0.25) is 0 Å². The zero-order valence-corrected chi connectivity index (χ0v) is 9.53. The van der Waals surface area contributed by atoms with E-state index in [9.17, 15) is 0 Å². The fourth-order valence-electron chi connectivity index (χ4n) is 2.70. The summed E-state index contributed by atoms with van der Waals surface area (Å²) in [7, 11) is 0. The molecule has 1 heterocycles. The summed E-state index contributed by atoms with van der Waals surface area (Å²) in [4.78, 5) is 0. The van der Waals surface area contributed by atoms with Crippen LogP contribution in [-0.2, 0) is 13.0 Å². The molecule has 0 fully saturated rings. The lowest BCUT2D eigenvalue weighted by molar-refractivity contribution is 0.874. The Hall–Kier alpha value is -2.02. The lowest BCUT2D eigenvalue weighted by Crippen LogP contribution is -2.07. The Labute approximate surface area is 101 Å². The van der Waals surface area contributed by atoms with Gasteiger partial charge in [-0.3, -0.25) is 0 Å². The van der Waals surface area contributed by atoms with Crippen molar-refractivity contribution in [3.8, 4) is 11.1 Å². The second-order valence-corrected chi connectivity index (χ2v) is 4.72. The zero-order chi connectivity index (χ0) is 11.2. The molecule has 0 spiro atoms. The van der Waals surface area contributed by atoms with Crippen LogP contribution >= 0.6 is 0 Å².